The van der Waals surface area contributed by atoms with Crippen molar-refractivity contribution < 1.29 is 13.9 Å². The molecule has 5 nitrogen and oxygen atoms in total. The third-order valence-corrected chi connectivity index (χ3v) is 3.79. The van der Waals surface area contributed by atoms with E-state index in [-0.39, 0.29) is 11.1 Å². The fraction of sp³-hybridized carbons (Fsp3) is 0.0588. The molecule has 3 rings (SSSR count). The number of benzene rings is 2. The molecule has 116 valence electrons. The van der Waals surface area contributed by atoms with Gasteiger partial charge in [0.15, 0.2) is 0 Å². The lowest BCUT2D eigenvalue weighted by atomic mass is 10.1. The van der Waals surface area contributed by atoms with Crippen LogP contribution in [0.4, 0.5) is 5.69 Å². The summed E-state index contributed by atoms with van der Waals surface area (Å²) in [6, 6.07) is 14.1. The van der Waals surface area contributed by atoms with Crippen LogP contribution in [0, 0.1) is 5.41 Å². The number of carbonyl (C=O) groups excluding carboxylic acids is 1. The van der Waals surface area contributed by atoms with E-state index in [0.29, 0.717) is 17.0 Å². The number of anilines is 1. The van der Waals surface area contributed by atoms with Crippen molar-refractivity contribution in [3.8, 4) is 5.75 Å². The van der Waals surface area contributed by atoms with E-state index in [2.05, 4.69) is 21.2 Å². The first-order chi connectivity index (χ1) is 11.1. The number of methoxy groups -OCH3 is 1. The minimum Gasteiger partial charge on any atom is -0.497 e. The van der Waals surface area contributed by atoms with Gasteiger partial charge in [-0.1, -0.05) is 22.0 Å². The summed E-state index contributed by atoms with van der Waals surface area (Å²) in [7, 11) is 1.56. The summed E-state index contributed by atoms with van der Waals surface area (Å²) in [6.45, 7) is 0. The largest absolute Gasteiger partial charge is 0.497 e. The molecule has 0 radical (unpaired) electrons. The van der Waals surface area contributed by atoms with Gasteiger partial charge in [-0.05, 0) is 36.4 Å². The van der Waals surface area contributed by atoms with Gasteiger partial charge in [-0.3, -0.25) is 10.2 Å². The van der Waals surface area contributed by atoms with Crippen molar-refractivity contribution in [2.75, 3.05) is 12.4 Å². The van der Waals surface area contributed by atoms with Crippen LogP contribution in [0.3, 0.4) is 0 Å². The number of amides is 1. The molecule has 6 heteroatoms. The molecule has 1 aromatic heterocycles. The highest BCUT2D eigenvalue weighted by atomic mass is 79.9. The second-order valence-electron chi connectivity index (χ2n) is 4.86. The van der Waals surface area contributed by atoms with E-state index in [1.807, 2.05) is 12.1 Å². The molecule has 1 amide bonds. The maximum atomic E-state index is 12.4. The smallest absolute Gasteiger partial charge is 0.261 e. The van der Waals surface area contributed by atoms with Crippen LogP contribution >= 0.6 is 15.9 Å². The van der Waals surface area contributed by atoms with Gasteiger partial charge >= 0.3 is 0 Å². The maximum Gasteiger partial charge on any atom is 0.261 e. The second-order valence-corrected chi connectivity index (χ2v) is 5.77. The van der Waals surface area contributed by atoms with E-state index in [9.17, 15) is 4.79 Å². The predicted octanol–water partition coefficient (Wildman–Crippen LogP) is 3.94. The van der Waals surface area contributed by atoms with Crippen molar-refractivity contribution >= 4 is 38.5 Å². The van der Waals surface area contributed by atoms with E-state index in [0.717, 1.165) is 9.86 Å². The number of rotatable bonds is 3. The highest BCUT2D eigenvalue weighted by Gasteiger charge is 2.12. The Morgan fingerprint density at radius 1 is 1.22 bits per heavy atom. The van der Waals surface area contributed by atoms with Gasteiger partial charge in [-0.25, -0.2) is 0 Å². The van der Waals surface area contributed by atoms with E-state index in [1.54, 1.807) is 43.5 Å². The molecule has 0 aliphatic rings. The molecule has 1 heterocycles. The van der Waals surface area contributed by atoms with Gasteiger partial charge in [0.1, 0.15) is 16.9 Å². The molecule has 0 saturated carbocycles. The number of hydrogen-bond donors (Lipinski definition) is 2. The van der Waals surface area contributed by atoms with Gasteiger partial charge in [0.2, 0.25) is 5.55 Å². The van der Waals surface area contributed by atoms with Crippen molar-refractivity contribution in [1.29, 1.82) is 5.41 Å². The Kier molecular flexibility index (Phi) is 4.16. The molecule has 2 N–H and O–H groups in total. The average Bonchev–Trinajstić information content (AvgIpc) is 2.54. The molecule has 0 atom stereocenters. The molecular weight excluding hydrogens is 360 g/mol. The molecule has 0 aliphatic carbocycles. The highest BCUT2D eigenvalue weighted by Crippen LogP contribution is 2.20. The highest BCUT2D eigenvalue weighted by molar-refractivity contribution is 9.10. The van der Waals surface area contributed by atoms with E-state index >= 15 is 0 Å². The van der Waals surface area contributed by atoms with Crippen molar-refractivity contribution in [2.24, 2.45) is 0 Å². The fourth-order valence-corrected chi connectivity index (χ4v) is 2.56. The molecule has 0 bridgehead atoms. The Morgan fingerprint density at radius 3 is 2.83 bits per heavy atom. The first-order valence-electron chi connectivity index (χ1n) is 6.80. The molecule has 0 saturated heterocycles. The van der Waals surface area contributed by atoms with Crippen LogP contribution in [0.25, 0.3) is 11.0 Å². The first-order valence-corrected chi connectivity index (χ1v) is 7.59. The summed E-state index contributed by atoms with van der Waals surface area (Å²) in [5, 5.41) is 11.4. The maximum absolute atomic E-state index is 12.4. The summed E-state index contributed by atoms with van der Waals surface area (Å²) in [6.07, 6.45) is 0. The summed E-state index contributed by atoms with van der Waals surface area (Å²) < 4.78 is 11.4. The second kappa shape index (κ2) is 6.26. The molecule has 0 spiro atoms. The Morgan fingerprint density at radius 2 is 2.04 bits per heavy atom. The van der Waals surface area contributed by atoms with Crippen LogP contribution in [0.5, 0.6) is 5.75 Å². The first kappa shape index (κ1) is 15.3. The number of hydrogen-bond acceptors (Lipinski definition) is 4. The van der Waals surface area contributed by atoms with Gasteiger partial charge in [0, 0.05) is 21.6 Å². The van der Waals surface area contributed by atoms with Crippen molar-refractivity contribution in [3.63, 3.8) is 0 Å². The van der Waals surface area contributed by atoms with Crippen LogP contribution in [0.1, 0.15) is 10.4 Å². The molecule has 23 heavy (non-hydrogen) atoms. The molecule has 0 aliphatic heterocycles. The van der Waals surface area contributed by atoms with Gasteiger partial charge in [-0.15, -0.1) is 0 Å². The molecule has 0 unspecified atom stereocenters. The Labute approximate surface area is 140 Å². The third-order valence-electron chi connectivity index (χ3n) is 3.30. The average molecular weight is 373 g/mol. The van der Waals surface area contributed by atoms with Crippen LogP contribution in [-0.4, -0.2) is 13.0 Å². The van der Waals surface area contributed by atoms with Gasteiger partial charge in [0.25, 0.3) is 5.91 Å². The minimum absolute atomic E-state index is 0.165. The zero-order valence-electron chi connectivity index (χ0n) is 12.2. The van der Waals surface area contributed by atoms with Gasteiger partial charge in [-0.2, -0.15) is 0 Å². The lowest BCUT2D eigenvalue weighted by Crippen LogP contribution is -2.20. The van der Waals surface area contributed by atoms with Crippen molar-refractivity contribution in [1.82, 2.24) is 0 Å². The van der Waals surface area contributed by atoms with E-state index in [4.69, 9.17) is 14.6 Å². The van der Waals surface area contributed by atoms with Crippen LogP contribution in [0.2, 0.25) is 0 Å². The topological polar surface area (TPSA) is 75.3 Å². The number of carbonyl (C=O) groups is 1. The van der Waals surface area contributed by atoms with Crippen molar-refractivity contribution in [3.05, 3.63) is 64.1 Å². The normalized spacial score (nSPS) is 10.5. The number of nitrogens with one attached hydrogen (secondary N) is 2. The minimum atomic E-state index is -0.408. The summed E-state index contributed by atoms with van der Waals surface area (Å²) >= 11 is 3.38. The zero-order valence-corrected chi connectivity index (χ0v) is 13.8. The standard InChI is InChI=1S/C17H13BrN2O3/c1-22-13-4-2-3-12(9-13)20-17(21)14-8-10-7-11(18)5-6-15(10)23-16(14)19/h2-9,19H,1H3,(H,20,21). The van der Waals surface area contributed by atoms with Gasteiger partial charge in [0.05, 0.1) is 7.11 Å². The summed E-state index contributed by atoms with van der Waals surface area (Å²) in [5.41, 5.74) is 1.12. The predicted molar refractivity (Wildman–Crippen MR) is 90.7 cm³/mol. The van der Waals surface area contributed by atoms with E-state index < -0.39 is 5.91 Å². The molecular formula is C17H13BrN2O3. The fourth-order valence-electron chi connectivity index (χ4n) is 2.18. The molecule has 0 fully saturated rings. The zero-order chi connectivity index (χ0) is 16.4. The van der Waals surface area contributed by atoms with Crippen LogP contribution in [-0.2, 0) is 0 Å². The van der Waals surface area contributed by atoms with Crippen LogP contribution in [0.15, 0.2) is 57.4 Å². The monoisotopic (exact) mass is 372 g/mol. The Balaban J connectivity index is 1.96. The van der Waals surface area contributed by atoms with Crippen LogP contribution < -0.4 is 15.6 Å². The SMILES string of the molecule is COc1cccc(NC(=O)c2cc3cc(Br)ccc3oc2=N)c1. The number of fused-ring (bicyclic) bond motifs is 1. The van der Waals surface area contributed by atoms with Crippen molar-refractivity contribution in [2.45, 2.75) is 0 Å². The Hall–Kier alpha value is -2.60. The van der Waals surface area contributed by atoms with E-state index in [1.165, 1.54) is 0 Å². The summed E-state index contributed by atoms with van der Waals surface area (Å²) in [5.74, 6) is 0.231. The molecule has 3 aromatic rings. The molecule has 2 aromatic carbocycles. The lowest BCUT2D eigenvalue weighted by Gasteiger charge is -2.07. The number of halogens is 1. The lowest BCUT2D eigenvalue weighted by molar-refractivity contribution is 0.102. The Bertz CT molecular complexity index is 950. The quantitative estimate of drug-likeness (QED) is 0.730. The third kappa shape index (κ3) is 3.27. The van der Waals surface area contributed by atoms with Gasteiger partial charge < -0.3 is 14.5 Å². The summed E-state index contributed by atoms with van der Waals surface area (Å²) in [4.78, 5) is 12.4. The number of ether oxygens (including phenoxy) is 1.